The molecule has 0 aliphatic heterocycles. The molecule has 1 aromatic carbocycles. The third-order valence-electron chi connectivity index (χ3n) is 4.04. The van der Waals surface area contributed by atoms with E-state index in [0.29, 0.717) is 0 Å². The third-order valence-corrected chi connectivity index (χ3v) is 4.04. The summed E-state index contributed by atoms with van der Waals surface area (Å²) in [5.41, 5.74) is 3.98. The van der Waals surface area contributed by atoms with Crippen molar-refractivity contribution in [2.24, 2.45) is 0 Å². The van der Waals surface area contributed by atoms with Crippen LogP contribution in [0.1, 0.15) is 57.4 Å². The first-order valence-corrected chi connectivity index (χ1v) is 8.39. The first-order valence-electron chi connectivity index (χ1n) is 8.39. The number of hydrogen-bond acceptors (Lipinski definition) is 1. The van der Waals surface area contributed by atoms with Gasteiger partial charge in [-0.1, -0.05) is 69.7 Å². The standard InChI is InChI=1S/C20H27N/c1-2-3-4-5-6-7-8-9-18-10-12-19(13-11-18)20-14-16-21-17-15-20/h10-17H,2-9H2,1H3. The molecular formula is C20H27N. The zero-order valence-electron chi connectivity index (χ0n) is 13.2. The monoisotopic (exact) mass is 281 g/mol. The van der Waals surface area contributed by atoms with Crippen molar-refractivity contribution < 1.29 is 0 Å². The maximum atomic E-state index is 4.06. The molecular weight excluding hydrogens is 254 g/mol. The van der Waals surface area contributed by atoms with Crippen LogP contribution in [0.2, 0.25) is 0 Å². The lowest BCUT2D eigenvalue weighted by Gasteiger charge is -2.05. The van der Waals surface area contributed by atoms with Gasteiger partial charge in [-0.15, -0.1) is 0 Å². The van der Waals surface area contributed by atoms with E-state index in [1.807, 2.05) is 12.4 Å². The predicted molar refractivity (Wildman–Crippen MR) is 91.4 cm³/mol. The van der Waals surface area contributed by atoms with Crippen molar-refractivity contribution in [3.63, 3.8) is 0 Å². The van der Waals surface area contributed by atoms with E-state index in [-0.39, 0.29) is 0 Å². The van der Waals surface area contributed by atoms with Crippen molar-refractivity contribution in [2.45, 2.75) is 58.3 Å². The molecule has 112 valence electrons. The molecule has 1 heteroatoms. The number of nitrogens with zero attached hydrogens (tertiary/aromatic N) is 1. The molecule has 1 aromatic heterocycles. The highest BCUT2D eigenvalue weighted by Gasteiger charge is 1.98. The number of rotatable bonds is 9. The average Bonchev–Trinajstić information content (AvgIpc) is 2.55. The van der Waals surface area contributed by atoms with Crippen LogP contribution in [-0.2, 0) is 6.42 Å². The van der Waals surface area contributed by atoms with Gasteiger partial charge in [0.25, 0.3) is 0 Å². The SMILES string of the molecule is CCCCCCCCCc1ccc(-c2ccncc2)cc1. The van der Waals surface area contributed by atoms with E-state index < -0.39 is 0 Å². The molecule has 0 bridgehead atoms. The quantitative estimate of drug-likeness (QED) is 0.510. The van der Waals surface area contributed by atoms with Crippen LogP contribution in [0, 0.1) is 0 Å². The number of aromatic nitrogens is 1. The summed E-state index contributed by atoms with van der Waals surface area (Å²) in [6.07, 6.45) is 14.6. The van der Waals surface area contributed by atoms with Crippen molar-refractivity contribution in [3.8, 4) is 11.1 Å². The zero-order valence-corrected chi connectivity index (χ0v) is 13.2. The molecule has 0 saturated heterocycles. The summed E-state index contributed by atoms with van der Waals surface area (Å²) in [5, 5.41) is 0. The molecule has 0 fully saturated rings. The zero-order chi connectivity index (χ0) is 14.8. The van der Waals surface area contributed by atoms with Crippen LogP contribution in [0.4, 0.5) is 0 Å². The molecule has 21 heavy (non-hydrogen) atoms. The fourth-order valence-electron chi connectivity index (χ4n) is 2.69. The van der Waals surface area contributed by atoms with Crippen LogP contribution >= 0.6 is 0 Å². The lowest BCUT2D eigenvalue weighted by atomic mass is 10.0. The Hall–Kier alpha value is -1.63. The van der Waals surface area contributed by atoms with Crippen molar-refractivity contribution in [2.75, 3.05) is 0 Å². The predicted octanol–water partition coefficient (Wildman–Crippen LogP) is 6.04. The Morgan fingerprint density at radius 3 is 1.90 bits per heavy atom. The molecule has 0 aliphatic rings. The van der Waals surface area contributed by atoms with E-state index in [4.69, 9.17) is 0 Å². The summed E-state index contributed by atoms with van der Waals surface area (Å²) in [7, 11) is 0. The van der Waals surface area contributed by atoms with Crippen LogP contribution in [0.5, 0.6) is 0 Å². The number of pyridine rings is 1. The van der Waals surface area contributed by atoms with E-state index in [9.17, 15) is 0 Å². The van der Waals surface area contributed by atoms with Gasteiger partial charge < -0.3 is 0 Å². The number of benzene rings is 1. The van der Waals surface area contributed by atoms with Gasteiger partial charge in [0.15, 0.2) is 0 Å². The Bertz CT molecular complexity index is 487. The van der Waals surface area contributed by atoms with Crippen LogP contribution < -0.4 is 0 Å². The Morgan fingerprint density at radius 1 is 0.667 bits per heavy atom. The normalized spacial score (nSPS) is 10.7. The van der Waals surface area contributed by atoms with Crippen molar-refractivity contribution in [3.05, 3.63) is 54.4 Å². The first-order chi connectivity index (χ1) is 10.4. The lowest BCUT2D eigenvalue weighted by Crippen LogP contribution is -1.87. The smallest absolute Gasteiger partial charge is 0.0273 e. The largest absolute Gasteiger partial charge is 0.265 e. The van der Waals surface area contributed by atoms with E-state index in [2.05, 4.69) is 48.3 Å². The second-order valence-corrected chi connectivity index (χ2v) is 5.80. The van der Waals surface area contributed by atoms with E-state index in [1.165, 1.54) is 68.1 Å². The first kappa shape index (κ1) is 15.8. The van der Waals surface area contributed by atoms with Crippen LogP contribution in [0.15, 0.2) is 48.8 Å². The minimum Gasteiger partial charge on any atom is -0.265 e. The fourth-order valence-corrected chi connectivity index (χ4v) is 2.69. The molecule has 1 nitrogen and oxygen atoms in total. The topological polar surface area (TPSA) is 12.9 Å². The van der Waals surface area contributed by atoms with Gasteiger partial charge in [-0.2, -0.15) is 0 Å². The summed E-state index contributed by atoms with van der Waals surface area (Å²) in [4.78, 5) is 4.06. The van der Waals surface area contributed by atoms with Crippen LogP contribution in [-0.4, -0.2) is 4.98 Å². The summed E-state index contributed by atoms with van der Waals surface area (Å²) in [6.45, 7) is 2.27. The van der Waals surface area contributed by atoms with Crippen LogP contribution in [0.3, 0.4) is 0 Å². The highest BCUT2D eigenvalue weighted by atomic mass is 14.6. The molecule has 0 spiro atoms. The summed E-state index contributed by atoms with van der Waals surface area (Å²) in [6, 6.07) is 13.1. The van der Waals surface area contributed by atoms with Crippen molar-refractivity contribution in [1.29, 1.82) is 0 Å². The van der Waals surface area contributed by atoms with Gasteiger partial charge in [0.05, 0.1) is 0 Å². The molecule has 0 radical (unpaired) electrons. The van der Waals surface area contributed by atoms with Gasteiger partial charge in [0.1, 0.15) is 0 Å². The lowest BCUT2D eigenvalue weighted by molar-refractivity contribution is 0.589. The number of unbranched alkanes of at least 4 members (excludes halogenated alkanes) is 6. The molecule has 0 unspecified atom stereocenters. The molecule has 2 rings (SSSR count). The highest BCUT2D eigenvalue weighted by Crippen LogP contribution is 2.19. The average molecular weight is 281 g/mol. The third kappa shape index (κ3) is 5.71. The molecule has 2 aromatic rings. The van der Waals surface area contributed by atoms with Gasteiger partial charge in [0, 0.05) is 12.4 Å². The number of hydrogen-bond donors (Lipinski definition) is 0. The minimum atomic E-state index is 1.21. The molecule has 0 aliphatic carbocycles. The Morgan fingerprint density at radius 2 is 1.24 bits per heavy atom. The van der Waals surface area contributed by atoms with Crippen molar-refractivity contribution >= 4 is 0 Å². The second kappa shape index (κ2) is 9.33. The molecule has 0 saturated carbocycles. The second-order valence-electron chi connectivity index (χ2n) is 5.80. The fraction of sp³-hybridized carbons (Fsp3) is 0.450. The highest BCUT2D eigenvalue weighted by molar-refractivity contribution is 5.62. The maximum Gasteiger partial charge on any atom is 0.0273 e. The number of aryl methyl sites for hydroxylation is 1. The van der Waals surface area contributed by atoms with Crippen molar-refractivity contribution in [1.82, 2.24) is 4.98 Å². The molecule has 0 amide bonds. The van der Waals surface area contributed by atoms with Crippen LogP contribution in [0.25, 0.3) is 11.1 Å². The molecule has 0 atom stereocenters. The van der Waals surface area contributed by atoms with Gasteiger partial charge >= 0.3 is 0 Å². The Balaban J connectivity index is 1.71. The van der Waals surface area contributed by atoms with Gasteiger partial charge in [-0.05, 0) is 41.7 Å². The van der Waals surface area contributed by atoms with E-state index >= 15 is 0 Å². The van der Waals surface area contributed by atoms with Gasteiger partial charge in [-0.25, -0.2) is 0 Å². The van der Waals surface area contributed by atoms with Gasteiger partial charge in [-0.3, -0.25) is 4.98 Å². The Kier molecular flexibility index (Phi) is 7.00. The maximum absolute atomic E-state index is 4.06. The van der Waals surface area contributed by atoms with Gasteiger partial charge in [0.2, 0.25) is 0 Å². The summed E-state index contributed by atoms with van der Waals surface area (Å²) < 4.78 is 0. The van der Waals surface area contributed by atoms with E-state index in [1.54, 1.807) is 0 Å². The minimum absolute atomic E-state index is 1.21. The van der Waals surface area contributed by atoms with E-state index in [0.717, 1.165) is 0 Å². The summed E-state index contributed by atoms with van der Waals surface area (Å²) >= 11 is 0. The Labute approximate surface area is 129 Å². The summed E-state index contributed by atoms with van der Waals surface area (Å²) in [5.74, 6) is 0. The molecule has 0 N–H and O–H groups in total. The molecule has 1 heterocycles.